The SMILES string of the molecule is CNC(=O)C1CCCN1c1cc(C)nc2ccc(N)cc12. The predicted molar refractivity (Wildman–Crippen MR) is 85.3 cm³/mol. The monoisotopic (exact) mass is 284 g/mol. The summed E-state index contributed by atoms with van der Waals surface area (Å²) in [6.07, 6.45) is 1.90. The lowest BCUT2D eigenvalue weighted by atomic mass is 10.1. The van der Waals surface area contributed by atoms with Gasteiger partial charge in [-0.2, -0.15) is 0 Å². The molecule has 110 valence electrons. The van der Waals surface area contributed by atoms with Crippen molar-refractivity contribution in [3.63, 3.8) is 0 Å². The van der Waals surface area contributed by atoms with Crippen LogP contribution in [-0.4, -0.2) is 30.5 Å². The lowest BCUT2D eigenvalue weighted by Crippen LogP contribution is -2.42. The number of nitrogens with one attached hydrogen (secondary N) is 1. The topological polar surface area (TPSA) is 71.2 Å². The summed E-state index contributed by atoms with van der Waals surface area (Å²) in [5.41, 5.74) is 9.56. The molecule has 1 amide bonds. The van der Waals surface area contributed by atoms with Gasteiger partial charge in [-0.25, -0.2) is 0 Å². The van der Waals surface area contributed by atoms with E-state index < -0.39 is 0 Å². The van der Waals surface area contributed by atoms with Crippen molar-refractivity contribution in [3.8, 4) is 0 Å². The number of nitrogens with two attached hydrogens (primary N) is 1. The van der Waals surface area contributed by atoms with E-state index in [1.807, 2.05) is 31.2 Å². The quantitative estimate of drug-likeness (QED) is 0.826. The third kappa shape index (κ3) is 2.39. The molecule has 0 saturated carbocycles. The number of nitrogens with zero attached hydrogens (tertiary/aromatic N) is 2. The molecule has 1 aliphatic heterocycles. The number of pyridine rings is 1. The molecule has 3 N–H and O–H groups in total. The van der Waals surface area contributed by atoms with Crippen molar-refractivity contribution in [1.82, 2.24) is 10.3 Å². The molecular weight excluding hydrogens is 264 g/mol. The number of carbonyl (C=O) groups excluding carboxylic acids is 1. The fourth-order valence-electron chi connectivity index (χ4n) is 3.09. The Balaban J connectivity index is 2.14. The van der Waals surface area contributed by atoms with E-state index in [1.54, 1.807) is 7.05 Å². The van der Waals surface area contributed by atoms with Crippen LogP contribution >= 0.6 is 0 Å². The summed E-state index contributed by atoms with van der Waals surface area (Å²) < 4.78 is 0. The molecule has 2 aromatic rings. The van der Waals surface area contributed by atoms with Gasteiger partial charge in [-0.1, -0.05) is 0 Å². The number of benzene rings is 1. The largest absolute Gasteiger partial charge is 0.399 e. The summed E-state index contributed by atoms with van der Waals surface area (Å²) in [4.78, 5) is 18.8. The number of aryl methyl sites for hydroxylation is 1. The number of likely N-dealkylation sites (N-methyl/N-ethyl adjacent to an activating group) is 1. The van der Waals surface area contributed by atoms with Crippen molar-refractivity contribution in [2.45, 2.75) is 25.8 Å². The first-order valence-corrected chi connectivity index (χ1v) is 7.25. The van der Waals surface area contributed by atoms with E-state index in [1.165, 1.54) is 0 Å². The fourth-order valence-corrected chi connectivity index (χ4v) is 3.09. The van der Waals surface area contributed by atoms with Crippen LogP contribution in [0.25, 0.3) is 10.9 Å². The Morgan fingerprint density at radius 3 is 3.00 bits per heavy atom. The van der Waals surface area contributed by atoms with E-state index in [-0.39, 0.29) is 11.9 Å². The number of fused-ring (bicyclic) bond motifs is 1. The van der Waals surface area contributed by atoms with E-state index in [4.69, 9.17) is 5.73 Å². The number of amides is 1. The maximum atomic E-state index is 12.1. The van der Waals surface area contributed by atoms with E-state index in [2.05, 4.69) is 15.2 Å². The Bertz CT molecular complexity index is 698. The third-order valence-corrected chi connectivity index (χ3v) is 4.05. The number of rotatable bonds is 2. The van der Waals surface area contributed by atoms with Crippen LogP contribution in [0.3, 0.4) is 0 Å². The van der Waals surface area contributed by atoms with Crippen LogP contribution in [0, 0.1) is 6.92 Å². The fraction of sp³-hybridized carbons (Fsp3) is 0.375. The van der Waals surface area contributed by atoms with Crippen LogP contribution in [0.5, 0.6) is 0 Å². The molecule has 1 saturated heterocycles. The summed E-state index contributed by atoms with van der Waals surface area (Å²) in [7, 11) is 1.69. The minimum absolute atomic E-state index is 0.0685. The number of carbonyl (C=O) groups is 1. The molecule has 1 aromatic carbocycles. The zero-order chi connectivity index (χ0) is 15.0. The Hall–Kier alpha value is -2.30. The number of hydrogen-bond donors (Lipinski definition) is 2. The molecule has 1 aliphatic rings. The summed E-state index contributed by atoms with van der Waals surface area (Å²) in [5, 5.41) is 3.77. The van der Waals surface area contributed by atoms with Gasteiger partial charge in [0.15, 0.2) is 0 Å². The lowest BCUT2D eigenvalue weighted by Gasteiger charge is -2.27. The maximum Gasteiger partial charge on any atom is 0.242 e. The molecule has 1 fully saturated rings. The third-order valence-electron chi connectivity index (χ3n) is 4.05. The summed E-state index contributed by atoms with van der Waals surface area (Å²) in [5.74, 6) is 0.0685. The van der Waals surface area contributed by atoms with Crippen molar-refractivity contribution in [3.05, 3.63) is 30.0 Å². The molecule has 5 heteroatoms. The molecule has 1 unspecified atom stereocenters. The van der Waals surface area contributed by atoms with Crippen molar-refractivity contribution in [2.75, 3.05) is 24.2 Å². The van der Waals surface area contributed by atoms with Gasteiger partial charge in [-0.3, -0.25) is 9.78 Å². The normalized spacial score (nSPS) is 18.2. The van der Waals surface area contributed by atoms with E-state index in [0.717, 1.165) is 41.7 Å². The standard InChI is InChI=1S/C16H20N4O/c1-10-8-15(12-9-11(17)5-6-13(12)19-10)20-7-3-4-14(20)16(21)18-2/h5-6,8-9,14H,3-4,7,17H2,1-2H3,(H,18,21). The second kappa shape index (κ2) is 5.24. The van der Waals surface area contributed by atoms with Gasteiger partial charge in [0.2, 0.25) is 5.91 Å². The first-order chi connectivity index (χ1) is 10.1. The van der Waals surface area contributed by atoms with Gasteiger partial charge in [-0.05, 0) is 44.0 Å². The summed E-state index contributed by atoms with van der Waals surface area (Å²) in [6.45, 7) is 2.86. The second-order valence-electron chi connectivity index (χ2n) is 5.53. The van der Waals surface area contributed by atoms with Crippen molar-refractivity contribution >= 4 is 28.2 Å². The van der Waals surface area contributed by atoms with E-state index in [0.29, 0.717) is 5.69 Å². The summed E-state index contributed by atoms with van der Waals surface area (Å²) in [6, 6.07) is 7.67. The smallest absolute Gasteiger partial charge is 0.242 e. The minimum atomic E-state index is -0.110. The van der Waals surface area contributed by atoms with Gasteiger partial charge >= 0.3 is 0 Å². The molecule has 21 heavy (non-hydrogen) atoms. The van der Waals surface area contributed by atoms with Crippen LogP contribution in [0.1, 0.15) is 18.5 Å². The zero-order valence-electron chi connectivity index (χ0n) is 12.4. The van der Waals surface area contributed by atoms with Gasteiger partial charge in [0.1, 0.15) is 6.04 Å². The van der Waals surface area contributed by atoms with Crippen LogP contribution in [0.2, 0.25) is 0 Å². The molecule has 3 rings (SSSR count). The molecule has 0 aliphatic carbocycles. The zero-order valence-corrected chi connectivity index (χ0v) is 12.4. The first-order valence-electron chi connectivity index (χ1n) is 7.25. The lowest BCUT2D eigenvalue weighted by molar-refractivity contribution is -0.121. The highest BCUT2D eigenvalue weighted by Crippen LogP contribution is 2.33. The maximum absolute atomic E-state index is 12.1. The van der Waals surface area contributed by atoms with Gasteiger partial charge in [0, 0.05) is 36.0 Å². The average molecular weight is 284 g/mol. The van der Waals surface area contributed by atoms with Crippen molar-refractivity contribution in [1.29, 1.82) is 0 Å². The highest BCUT2D eigenvalue weighted by Gasteiger charge is 2.31. The van der Waals surface area contributed by atoms with E-state index >= 15 is 0 Å². The van der Waals surface area contributed by atoms with Gasteiger partial charge in [0.25, 0.3) is 0 Å². The van der Waals surface area contributed by atoms with E-state index in [9.17, 15) is 4.79 Å². The molecular formula is C16H20N4O. The number of hydrogen-bond acceptors (Lipinski definition) is 4. The Kier molecular flexibility index (Phi) is 3.41. The average Bonchev–Trinajstić information content (AvgIpc) is 2.95. The Morgan fingerprint density at radius 1 is 1.43 bits per heavy atom. The molecule has 0 bridgehead atoms. The number of nitrogen functional groups attached to an aromatic ring is 1. The molecule has 2 heterocycles. The molecule has 1 aromatic heterocycles. The summed E-state index contributed by atoms with van der Waals surface area (Å²) >= 11 is 0. The molecule has 0 radical (unpaired) electrons. The Labute approximate surface area is 124 Å². The minimum Gasteiger partial charge on any atom is -0.399 e. The van der Waals surface area contributed by atoms with Crippen LogP contribution in [-0.2, 0) is 4.79 Å². The van der Waals surface area contributed by atoms with Gasteiger partial charge < -0.3 is 16.0 Å². The first kappa shape index (κ1) is 13.7. The molecule has 0 spiro atoms. The van der Waals surface area contributed by atoms with Crippen LogP contribution in [0.4, 0.5) is 11.4 Å². The molecule has 1 atom stereocenters. The van der Waals surface area contributed by atoms with Crippen LogP contribution in [0.15, 0.2) is 24.3 Å². The Morgan fingerprint density at radius 2 is 2.24 bits per heavy atom. The number of aromatic nitrogens is 1. The van der Waals surface area contributed by atoms with Gasteiger partial charge in [0.05, 0.1) is 5.52 Å². The predicted octanol–water partition coefficient (Wildman–Crippen LogP) is 1.84. The number of anilines is 2. The van der Waals surface area contributed by atoms with Gasteiger partial charge in [-0.15, -0.1) is 0 Å². The highest BCUT2D eigenvalue weighted by molar-refractivity contribution is 5.96. The van der Waals surface area contributed by atoms with Crippen molar-refractivity contribution in [2.24, 2.45) is 0 Å². The second-order valence-corrected chi connectivity index (χ2v) is 5.53. The van der Waals surface area contributed by atoms with Crippen LogP contribution < -0.4 is 16.0 Å². The molecule has 5 nitrogen and oxygen atoms in total. The highest BCUT2D eigenvalue weighted by atomic mass is 16.2. The van der Waals surface area contributed by atoms with Crippen molar-refractivity contribution < 1.29 is 4.79 Å².